The molecule has 5 nitrogen and oxygen atoms in total. The zero-order chi connectivity index (χ0) is 19.4. The average molecular weight is 374 g/mol. The van der Waals surface area contributed by atoms with Gasteiger partial charge in [-0.1, -0.05) is 12.1 Å². The Balaban J connectivity index is 1.94. The highest BCUT2D eigenvalue weighted by atomic mass is 19.4. The fourth-order valence-corrected chi connectivity index (χ4v) is 2.64. The SMILES string of the molecule is CN1CCC(NC(=O)C(C)(C)COc2ccccc2OC(F)(F)F)CC1. The number of alkyl halides is 3. The summed E-state index contributed by atoms with van der Waals surface area (Å²) in [6, 6.07) is 5.63. The molecular weight excluding hydrogens is 349 g/mol. The van der Waals surface area contributed by atoms with Gasteiger partial charge in [0, 0.05) is 6.04 Å². The lowest BCUT2D eigenvalue weighted by molar-refractivity contribution is -0.275. The Morgan fingerprint density at radius 1 is 1.19 bits per heavy atom. The largest absolute Gasteiger partial charge is 0.573 e. The van der Waals surface area contributed by atoms with Crippen molar-refractivity contribution in [1.82, 2.24) is 10.2 Å². The lowest BCUT2D eigenvalue weighted by Gasteiger charge is -2.32. The Hall–Kier alpha value is -1.96. The second-order valence-electron chi connectivity index (χ2n) is 7.22. The summed E-state index contributed by atoms with van der Waals surface area (Å²) in [7, 11) is 2.04. The van der Waals surface area contributed by atoms with Gasteiger partial charge in [0.1, 0.15) is 6.61 Å². The van der Waals surface area contributed by atoms with Crippen LogP contribution >= 0.6 is 0 Å². The van der Waals surface area contributed by atoms with Crippen LogP contribution < -0.4 is 14.8 Å². The van der Waals surface area contributed by atoms with Gasteiger partial charge in [-0.3, -0.25) is 4.79 Å². The minimum atomic E-state index is -4.81. The van der Waals surface area contributed by atoms with Crippen LogP contribution in [0.2, 0.25) is 0 Å². The van der Waals surface area contributed by atoms with Crippen molar-refractivity contribution in [1.29, 1.82) is 0 Å². The molecule has 2 rings (SSSR count). The van der Waals surface area contributed by atoms with Gasteiger partial charge in [0.2, 0.25) is 5.91 Å². The number of amides is 1. The molecule has 1 fully saturated rings. The van der Waals surface area contributed by atoms with Crippen molar-refractivity contribution >= 4 is 5.91 Å². The first-order chi connectivity index (χ1) is 12.1. The van der Waals surface area contributed by atoms with Crippen molar-refractivity contribution in [2.45, 2.75) is 39.1 Å². The van der Waals surface area contributed by atoms with Gasteiger partial charge in [-0.05, 0) is 59.0 Å². The number of benzene rings is 1. The number of halogens is 3. The van der Waals surface area contributed by atoms with Crippen molar-refractivity contribution < 1.29 is 27.4 Å². The van der Waals surface area contributed by atoms with Crippen LogP contribution in [0.5, 0.6) is 11.5 Å². The lowest BCUT2D eigenvalue weighted by Crippen LogP contribution is -2.49. The number of nitrogens with one attached hydrogen (secondary N) is 1. The Bertz CT molecular complexity index is 612. The van der Waals surface area contributed by atoms with Crippen LogP contribution in [-0.2, 0) is 4.79 Å². The van der Waals surface area contributed by atoms with E-state index >= 15 is 0 Å². The third kappa shape index (κ3) is 6.09. The van der Waals surface area contributed by atoms with Gasteiger partial charge >= 0.3 is 6.36 Å². The van der Waals surface area contributed by atoms with E-state index < -0.39 is 17.5 Å². The molecule has 0 spiro atoms. The number of carbonyl (C=O) groups is 1. The number of carbonyl (C=O) groups excluding carboxylic acids is 1. The Morgan fingerprint density at radius 2 is 1.77 bits per heavy atom. The maximum atomic E-state index is 12.5. The Kier molecular flexibility index (Phi) is 6.39. The van der Waals surface area contributed by atoms with E-state index in [2.05, 4.69) is 15.0 Å². The molecule has 1 N–H and O–H groups in total. The first-order valence-corrected chi connectivity index (χ1v) is 8.54. The standard InChI is InChI=1S/C18H25F3N2O3/c1-17(2,16(24)22-13-8-10-23(3)11-9-13)12-25-14-6-4-5-7-15(14)26-18(19,20)21/h4-7,13H,8-12H2,1-3H3,(H,22,24). The molecule has 1 heterocycles. The molecule has 0 aliphatic carbocycles. The summed E-state index contributed by atoms with van der Waals surface area (Å²) in [5.41, 5.74) is -0.894. The number of rotatable bonds is 6. The number of nitrogens with zero attached hydrogens (tertiary/aromatic N) is 1. The van der Waals surface area contributed by atoms with E-state index in [0.717, 1.165) is 25.9 Å². The molecule has 0 aromatic heterocycles. The topological polar surface area (TPSA) is 50.8 Å². The molecule has 0 unspecified atom stereocenters. The van der Waals surface area contributed by atoms with Gasteiger partial charge < -0.3 is 19.7 Å². The number of ether oxygens (including phenoxy) is 2. The van der Waals surface area contributed by atoms with Crippen molar-refractivity contribution in [3.63, 3.8) is 0 Å². The predicted octanol–water partition coefficient (Wildman–Crippen LogP) is 3.20. The van der Waals surface area contributed by atoms with E-state index in [1.807, 2.05) is 7.05 Å². The molecule has 0 radical (unpaired) electrons. The molecule has 0 atom stereocenters. The van der Waals surface area contributed by atoms with E-state index in [-0.39, 0.29) is 24.3 Å². The van der Waals surface area contributed by atoms with Crippen molar-refractivity contribution in [2.75, 3.05) is 26.7 Å². The average Bonchev–Trinajstić information content (AvgIpc) is 2.55. The van der Waals surface area contributed by atoms with Gasteiger partial charge in [-0.25, -0.2) is 0 Å². The zero-order valence-corrected chi connectivity index (χ0v) is 15.2. The predicted molar refractivity (Wildman–Crippen MR) is 91.1 cm³/mol. The molecular formula is C18H25F3N2O3. The normalized spacial score (nSPS) is 17.0. The number of hydrogen-bond acceptors (Lipinski definition) is 4. The van der Waals surface area contributed by atoms with Crippen molar-refractivity contribution in [3.05, 3.63) is 24.3 Å². The van der Waals surface area contributed by atoms with Gasteiger partial charge in [-0.15, -0.1) is 13.2 Å². The highest BCUT2D eigenvalue weighted by molar-refractivity contribution is 5.82. The third-order valence-electron chi connectivity index (χ3n) is 4.33. The second-order valence-corrected chi connectivity index (χ2v) is 7.22. The minimum Gasteiger partial charge on any atom is -0.489 e. The molecule has 8 heteroatoms. The number of likely N-dealkylation sites (tertiary alicyclic amines) is 1. The van der Waals surface area contributed by atoms with E-state index in [4.69, 9.17) is 4.74 Å². The fraction of sp³-hybridized carbons (Fsp3) is 0.611. The zero-order valence-electron chi connectivity index (χ0n) is 15.2. The third-order valence-corrected chi connectivity index (χ3v) is 4.33. The van der Waals surface area contributed by atoms with Crippen LogP contribution in [0.4, 0.5) is 13.2 Å². The van der Waals surface area contributed by atoms with Gasteiger partial charge in [0.05, 0.1) is 5.41 Å². The molecule has 26 heavy (non-hydrogen) atoms. The second kappa shape index (κ2) is 8.16. The number of piperidine rings is 1. The highest BCUT2D eigenvalue weighted by Crippen LogP contribution is 2.33. The smallest absolute Gasteiger partial charge is 0.489 e. The van der Waals surface area contributed by atoms with E-state index in [1.54, 1.807) is 19.9 Å². The quantitative estimate of drug-likeness (QED) is 0.831. The van der Waals surface area contributed by atoms with Crippen LogP contribution in [0.15, 0.2) is 24.3 Å². The monoisotopic (exact) mass is 374 g/mol. The van der Waals surface area contributed by atoms with Crippen LogP contribution in [0.1, 0.15) is 26.7 Å². The molecule has 1 aromatic carbocycles. The maximum Gasteiger partial charge on any atom is 0.573 e. The number of para-hydroxylation sites is 2. The Morgan fingerprint density at radius 3 is 2.35 bits per heavy atom. The van der Waals surface area contributed by atoms with Crippen molar-refractivity contribution in [2.24, 2.45) is 5.41 Å². The Labute approximate surface area is 151 Å². The summed E-state index contributed by atoms with van der Waals surface area (Å²) in [5.74, 6) is -0.655. The fourth-order valence-electron chi connectivity index (χ4n) is 2.64. The van der Waals surface area contributed by atoms with E-state index in [9.17, 15) is 18.0 Å². The first-order valence-electron chi connectivity index (χ1n) is 8.54. The maximum absolute atomic E-state index is 12.5. The van der Waals surface area contributed by atoms with Crippen LogP contribution in [0.25, 0.3) is 0 Å². The van der Waals surface area contributed by atoms with Crippen LogP contribution in [0, 0.1) is 5.41 Å². The molecule has 1 aromatic rings. The molecule has 146 valence electrons. The molecule has 1 saturated heterocycles. The molecule has 1 amide bonds. The van der Waals surface area contributed by atoms with E-state index in [1.165, 1.54) is 18.2 Å². The molecule has 1 aliphatic rings. The summed E-state index contributed by atoms with van der Waals surface area (Å²) >= 11 is 0. The van der Waals surface area contributed by atoms with Gasteiger partial charge in [0.25, 0.3) is 0 Å². The van der Waals surface area contributed by atoms with Gasteiger partial charge in [0.15, 0.2) is 11.5 Å². The summed E-state index contributed by atoms with van der Waals surface area (Å²) in [6.07, 6.45) is -3.05. The summed E-state index contributed by atoms with van der Waals surface area (Å²) in [6.45, 7) is 5.17. The van der Waals surface area contributed by atoms with Crippen molar-refractivity contribution in [3.8, 4) is 11.5 Å². The summed E-state index contributed by atoms with van der Waals surface area (Å²) < 4.78 is 46.8. The van der Waals surface area contributed by atoms with Crippen LogP contribution in [0.3, 0.4) is 0 Å². The summed E-state index contributed by atoms with van der Waals surface area (Å²) in [5, 5.41) is 3.01. The lowest BCUT2D eigenvalue weighted by atomic mass is 9.92. The van der Waals surface area contributed by atoms with Crippen LogP contribution in [-0.4, -0.2) is 50.0 Å². The number of hydrogen-bond donors (Lipinski definition) is 1. The summed E-state index contributed by atoms with van der Waals surface area (Å²) in [4.78, 5) is 14.7. The van der Waals surface area contributed by atoms with Gasteiger partial charge in [-0.2, -0.15) is 0 Å². The minimum absolute atomic E-state index is 0.0509. The highest BCUT2D eigenvalue weighted by Gasteiger charge is 2.34. The van der Waals surface area contributed by atoms with E-state index in [0.29, 0.717) is 0 Å². The molecule has 0 bridgehead atoms. The molecule has 1 aliphatic heterocycles. The molecule has 0 saturated carbocycles. The first kappa shape index (κ1) is 20.4.